The van der Waals surface area contributed by atoms with Gasteiger partial charge in [-0.2, -0.15) is 13.2 Å². The van der Waals surface area contributed by atoms with Gasteiger partial charge in [-0.05, 0) is 43.4 Å². The minimum absolute atomic E-state index is 0.299. The molecule has 0 amide bonds. The van der Waals surface area contributed by atoms with E-state index in [9.17, 15) is 13.2 Å². The van der Waals surface area contributed by atoms with Crippen molar-refractivity contribution in [2.24, 2.45) is 0 Å². The summed E-state index contributed by atoms with van der Waals surface area (Å²) in [6.45, 7) is 1.75. The molecule has 1 aromatic heterocycles. The van der Waals surface area contributed by atoms with E-state index in [0.717, 1.165) is 37.8 Å². The van der Waals surface area contributed by atoms with Gasteiger partial charge in [-0.3, -0.25) is 0 Å². The maximum atomic E-state index is 12.8. The lowest BCUT2D eigenvalue weighted by atomic mass is 10.0. The minimum Gasteiger partial charge on any atom is -0.367 e. The first kappa shape index (κ1) is 17.3. The van der Waals surface area contributed by atoms with Crippen LogP contribution in [-0.4, -0.2) is 16.0 Å². The zero-order valence-corrected chi connectivity index (χ0v) is 13.8. The third-order valence-corrected chi connectivity index (χ3v) is 4.35. The molecule has 1 aliphatic carbocycles. The van der Waals surface area contributed by atoms with Gasteiger partial charge in [-0.15, -0.1) is 6.42 Å². The van der Waals surface area contributed by atoms with Gasteiger partial charge in [0.1, 0.15) is 17.3 Å². The number of hydrogen-bond acceptors (Lipinski definition) is 3. The molecule has 0 spiro atoms. The number of anilines is 1. The molecule has 0 saturated heterocycles. The first-order valence-corrected chi connectivity index (χ1v) is 8.18. The van der Waals surface area contributed by atoms with Crippen LogP contribution in [0.3, 0.4) is 0 Å². The molecule has 3 rings (SSSR count). The van der Waals surface area contributed by atoms with Crippen LogP contribution in [0.15, 0.2) is 24.3 Å². The van der Waals surface area contributed by atoms with Crippen LogP contribution in [0.5, 0.6) is 0 Å². The lowest BCUT2D eigenvalue weighted by molar-refractivity contribution is -0.137. The van der Waals surface area contributed by atoms with Crippen molar-refractivity contribution >= 4 is 5.82 Å². The molecule has 0 atom stereocenters. The van der Waals surface area contributed by atoms with Crippen LogP contribution in [0.1, 0.15) is 42.8 Å². The van der Waals surface area contributed by atoms with E-state index in [2.05, 4.69) is 21.2 Å². The molecule has 2 aromatic rings. The summed E-state index contributed by atoms with van der Waals surface area (Å²) >= 11 is 0. The fourth-order valence-corrected chi connectivity index (χ4v) is 3.14. The third kappa shape index (κ3) is 3.76. The number of benzene rings is 1. The summed E-state index contributed by atoms with van der Waals surface area (Å²) in [6.07, 6.45) is 5.60. The van der Waals surface area contributed by atoms with Gasteiger partial charge in [0.2, 0.25) is 0 Å². The molecule has 130 valence electrons. The maximum Gasteiger partial charge on any atom is 0.416 e. The third-order valence-electron chi connectivity index (χ3n) is 4.35. The van der Waals surface area contributed by atoms with Crippen molar-refractivity contribution in [1.29, 1.82) is 0 Å². The van der Waals surface area contributed by atoms with Gasteiger partial charge >= 0.3 is 6.18 Å². The monoisotopic (exact) mass is 345 g/mol. The molecule has 25 heavy (non-hydrogen) atoms. The van der Waals surface area contributed by atoms with E-state index in [1.54, 1.807) is 6.92 Å². The molecule has 1 saturated carbocycles. The Morgan fingerprint density at radius 3 is 2.32 bits per heavy atom. The van der Waals surface area contributed by atoms with Crippen molar-refractivity contribution < 1.29 is 13.2 Å². The Bertz CT molecular complexity index is 798. The first-order chi connectivity index (χ1) is 11.9. The number of nitrogens with zero attached hydrogens (tertiary/aromatic N) is 2. The fraction of sp³-hybridized carbons (Fsp3) is 0.368. The van der Waals surface area contributed by atoms with Gasteiger partial charge in [-0.1, -0.05) is 25.0 Å². The van der Waals surface area contributed by atoms with Crippen LogP contribution < -0.4 is 5.32 Å². The van der Waals surface area contributed by atoms with Crippen molar-refractivity contribution in [2.75, 3.05) is 5.32 Å². The lowest BCUT2D eigenvalue weighted by Crippen LogP contribution is -2.17. The van der Waals surface area contributed by atoms with E-state index in [-0.39, 0.29) is 0 Å². The van der Waals surface area contributed by atoms with Gasteiger partial charge in [0, 0.05) is 6.04 Å². The Kier molecular flexibility index (Phi) is 4.67. The van der Waals surface area contributed by atoms with Gasteiger partial charge in [0.05, 0.1) is 11.1 Å². The number of aryl methyl sites for hydroxylation is 1. The molecule has 1 fully saturated rings. The zero-order chi connectivity index (χ0) is 18.0. The van der Waals surface area contributed by atoms with Gasteiger partial charge in [-0.25, -0.2) is 9.97 Å². The predicted octanol–water partition coefficient (Wildman–Crippen LogP) is 4.81. The molecule has 0 aliphatic heterocycles. The number of alkyl halides is 3. The largest absolute Gasteiger partial charge is 0.416 e. The average Bonchev–Trinajstić information content (AvgIpc) is 3.06. The summed E-state index contributed by atoms with van der Waals surface area (Å²) in [6, 6.07) is 5.23. The molecule has 1 N–H and O–H groups in total. The average molecular weight is 345 g/mol. The number of aromatic nitrogens is 2. The van der Waals surface area contributed by atoms with Crippen LogP contribution in [0.2, 0.25) is 0 Å². The van der Waals surface area contributed by atoms with E-state index < -0.39 is 11.7 Å². The molecule has 6 heteroatoms. The highest BCUT2D eigenvalue weighted by molar-refractivity contribution is 5.80. The van der Waals surface area contributed by atoms with E-state index in [1.807, 2.05) is 0 Å². The highest BCUT2D eigenvalue weighted by Gasteiger charge is 2.30. The second-order valence-corrected chi connectivity index (χ2v) is 6.19. The van der Waals surface area contributed by atoms with Crippen molar-refractivity contribution in [3.8, 4) is 23.5 Å². The standard InChI is InChI=1S/C19H18F3N3/c1-3-16-17(13-8-10-14(11-9-13)19(20,21)22)18(24-12(2)23-16)25-15-6-4-5-7-15/h1,8-11,15H,4-7H2,2H3,(H,23,24,25). The van der Waals surface area contributed by atoms with Crippen LogP contribution in [-0.2, 0) is 6.18 Å². The summed E-state index contributed by atoms with van der Waals surface area (Å²) in [5.74, 6) is 3.65. The number of nitrogens with one attached hydrogen (secondary N) is 1. The predicted molar refractivity (Wildman–Crippen MR) is 91.0 cm³/mol. The van der Waals surface area contributed by atoms with Crippen molar-refractivity contribution in [3.63, 3.8) is 0 Å². The molecule has 0 unspecified atom stereocenters. The molecular formula is C19H18F3N3. The van der Waals surface area contributed by atoms with Crippen molar-refractivity contribution in [2.45, 2.75) is 44.8 Å². The summed E-state index contributed by atoms with van der Waals surface area (Å²) in [4.78, 5) is 8.72. The Morgan fingerprint density at radius 1 is 1.12 bits per heavy atom. The van der Waals surface area contributed by atoms with E-state index in [4.69, 9.17) is 6.42 Å². The first-order valence-electron chi connectivity index (χ1n) is 8.18. The summed E-state index contributed by atoms with van der Waals surface area (Å²) in [7, 11) is 0. The van der Waals surface area contributed by atoms with Crippen molar-refractivity contribution in [1.82, 2.24) is 9.97 Å². The molecule has 3 nitrogen and oxygen atoms in total. The Morgan fingerprint density at radius 2 is 1.76 bits per heavy atom. The van der Waals surface area contributed by atoms with Crippen LogP contribution in [0.4, 0.5) is 19.0 Å². The van der Waals surface area contributed by atoms with Gasteiger partial charge < -0.3 is 5.32 Å². The SMILES string of the molecule is C#Cc1nc(C)nc(NC2CCCC2)c1-c1ccc(C(F)(F)F)cc1. The number of terminal acetylenes is 1. The summed E-state index contributed by atoms with van der Waals surface area (Å²) in [5.41, 5.74) is 0.833. The molecule has 0 bridgehead atoms. The van der Waals surface area contributed by atoms with E-state index >= 15 is 0 Å². The molecule has 1 aliphatic rings. The highest BCUT2D eigenvalue weighted by atomic mass is 19.4. The Hall–Kier alpha value is -2.55. The topological polar surface area (TPSA) is 37.8 Å². The molecule has 1 heterocycles. The minimum atomic E-state index is -4.37. The van der Waals surface area contributed by atoms with Gasteiger partial charge in [0.15, 0.2) is 0 Å². The van der Waals surface area contributed by atoms with Gasteiger partial charge in [0.25, 0.3) is 0 Å². The number of hydrogen-bond donors (Lipinski definition) is 1. The molecular weight excluding hydrogens is 327 g/mol. The van der Waals surface area contributed by atoms with E-state index in [1.165, 1.54) is 12.1 Å². The van der Waals surface area contributed by atoms with Crippen LogP contribution in [0.25, 0.3) is 11.1 Å². The number of halogens is 3. The summed E-state index contributed by atoms with van der Waals surface area (Å²) < 4.78 is 38.4. The van der Waals surface area contributed by atoms with Crippen molar-refractivity contribution in [3.05, 3.63) is 41.3 Å². The van der Waals surface area contributed by atoms with E-state index in [0.29, 0.717) is 34.5 Å². The quantitative estimate of drug-likeness (QED) is 0.812. The molecule has 1 aromatic carbocycles. The second kappa shape index (κ2) is 6.75. The van der Waals surface area contributed by atoms with Crippen LogP contribution >= 0.6 is 0 Å². The highest BCUT2D eigenvalue weighted by Crippen LogP contribution is 2.35. The maximum absolute atomic E-state index is 12.8. The smallest absolute Gasteiger partial charge is 0.367 e. The summed E-state index contributed by atoms with van der Waals surface area (Å²) in [5, 5.41) is 3.40. The fourth-order valence-electron chi connectivity index (χ4n) is 3.14. The Balaban J connectivity index is 2.05. The second-order valence-electron chi connectivity index (χ2n) is 6.19. The lowest BCUT2D eigenvalue weighted by Gasteiger charge is -2.18. The number of rotatable bonds is 3. The molecule has 0 radical (unpaired) electrons. The zero-order valence-electron chi connectivity index (χ0n) is 13.8. The van der Waals surface area contributed by atoms with Crippen LogP contribution in [0, 0.1) is 19.3 Å². The Labute approximate surface area is 144 Å². The normalized spacial score (nSPS) is 15.2.